The molecule has 0 spiro atoms. The van der Waals surface area contributed by atoms with E-state index in [0.717, 1.165) is 41.7 Å². The van der Waals surface area contributed by atoms with E-state index >= 15 is 0 Å². The molecule has 1 aliphatic heterocycles. The third-order valence-corrected chi connectivity index (χ3v) is 5.06. The van der Waals surface area contributed by atoms with Gasteiger partial charge in [-0.1, -0.05) is 12.1 Å². The molecule has 0 atom stereocenters. The average Bonchev–Trinajstić information content (AvgIpc) is 2.86. The van der Waals surface area contributed by atoms with Crippen LogP contribution >= 0.6 is 20.7 Å². The Labute approximate surface area is 117 Å². The maximum Gasteiger partial charge on any atom is 0.338 e. The van der Waals surface area contributed by atoms with Gasteiger partial charge in [-0.15, -0.1) is 0 Å². The van der Waals surface area contributed by atoms with Crippen molar-refractivity contribution in [2.75, 3.05) is 36.0 Å². The van der Waals surface area contributed by atoms with Crippen LogP contribution in [0.4, 0.5) is 15.2 Å². The minimum Gasteiger partial charge on any atom is -0.366 e. The van der Waals surface area contributed by atoms with Crippen LogP contribution < -0.4 is 14.7 Å². The third kappa shape index (κ3) is 2.62. The van der Waals surface area contributed by atoms with Crippen LogP contribution in [0.5, 0.6) is 0 Å². The normalized spacial score (nSPS) is 15.8. The molecule has 1 aromatic heterocycles. The van der Waals surface area contributed by atoms with Gasteiger partial charge in [0.15, 0.2) is 5.13 Å². The van der Waals surface area contributed by atoms with Gasteiger partial charge in [-0.05, 0) is 32.8 Å². The van der Waals surface area contributed by atoms with Crippen molar-refractivity contribution >= 4 is 31.5 Å². The summed E-state index contributed by atoms with van der Waals surface area (Å²) < 4.78 is 13.7. The highest BCUT2D eigenvalue weighted by atomic mass is 32.9. The predicted molar refractivity (Wildman–Crippen MR) is 77.1 cm³/mol. The van der Waals surface area contributed by atoms with Crippen LogP contribution in [0.2, 0.25) is 0 Å². The molecule has 100 valence electrons. The number of hydrogen-bond donors (Lipinski definition) is 0. The van der Waals surface area contributed by atoms with E-state index in [1.165, 1.54) is 16.4 Å². The van der Waals surface area contributed by atoms with E-state index in [1.807, 2.05) is 11.0 Å². The Morgan fingerprint density at radius 3 is 2.37 bits per heavy atom. The molecule has 1 aliphatic rings. The van der Waals surface area contributed by atoms with Gasteiger partial charge in [0.2, 0.25) is 0 Å². The summed E-state index contributed by atoms with van der Waals surface area (Å²) in [4.78, 5) is 19.0. The molecule has 4 nitrogen and oxygen atoms in total. The minimum atomic E-state index is -0.186. The van der Waals surface area contributed by atoms with E-state index < -0.39 is 0 Å². The van der Waals surface area contributed by atoms with Gasteiger partial charge in [-0.2, -0.15) is 4.98 Å². The number of piperazine rings is 1. The van der Waals surface area contributed by atoms with Crippen LogP contribution in [-0.2, 0) is 0 Å². The lowest BCUT2D eigenvalue weighted by Crippen LogP contribution is -2.46. The molecule has 0 bridgehead atoms. The number of hydrogen-bond acceptors (Lipinski definition) is 6. The average molecular weight is 297 g/mol. The summed E-state index contributed by atoms with van der Waals surface area (Å²) in [6.07, 6.45) is 0. The zero-order valence-electron chi connectivity index (χ0n) is 10.1. The van der Waals surface area contributed by atoms with Crippen LogP contribution in [0.1, 0.15) is 0 Å². The van der Waals surface area contributed by atoms with E-state index in [4.69, 9.17) is 0 Å². The van der Waals surface area contributed by atoms with E-state index in [9.17, 15) is 9.18 Å². The Bertz CT molecular complexity index is 619. The molecule has 0 radical (unpaired) electrons. The summed E-state index contributed by atoms with van der Waals surface area (Å²) in [7, 11) is 2.57. The van der Waals surface area contributed by atoms with Gasteiger partial charge in [-0.3, -0.25) is 4.79 Å². The summed E-state index contributed by atoms with van der Waals surface area (Å²) >= 11 is 0. The molecule has 1 saturated heterocycles. The SMILES string of the molecule is O=c1nc(N2CCN(c3ccccc3F)CC2)ss1. The lowest BCUT2D eigenvalue weighted by atomic mass is 10.2. The fourth-order valence-corrected chi connectivity index (χ4v) is 3.87. The summed E-state index contributed by atoms with van der Waals surface area (Å²) in [5, 5.41) is 0.781. The fraction of sp³-hybridized carbons (Fsp3) is 0.333. The maximum atomic E-state index is 13.7. The van der Waals surface area contributed by atoms with Crippen molar-refractivity contribution in [1.29, 1.82) is 0 Å². The third-order valence-electron chi connectivity index (χ3n) is 3.12. The quantitative estimate of drug-likeness (QED) is 0.795. The first-order chi connectivity index (χ1) is 9.24. The Balaban J connectivity index is 1.70. The van der Waals surface area contributed by atoms with Crippen LogP contribution in [-0.4, -0.2) is 31.2 Å². The fourth-order valence-electron chi connectivity index (χ4n) is 2.16. The molecular weight excluding hydrogens is 285 g/mol. The van der Waals surface area contributed by atoms with Gasteiger partial charge in [0.25, 0.3) is 0 Å². The second kappa shape index (κ2) is 5.26. The molecule has 0 N–H and O–H groups in total. The second-order valence-corrected chi connectivity index (χ2v) is 6.30. The summed E-state index contributed by atoms with van der Waals surface area (Å²) in [5.74, 6) is -0.186. The van der Waals surface area contributed by atoms with Gasteiger partial charge < -0.3 is 9.80 Å². The zero-order chi connectivity index (χ0) is 13.2. The van der Waals surface area contributed by atoms with Crippen molar-refractivity contribution in [1.82, 2.24) is 4.98 Å². The van der Waals surface area contributed by atoms with Gasteiger partial charge in [0.05, 0.1) is 5.69 Å². The zero-order valence-corrected chi connectivity index (χ0v) is 11.7. The number of para-hydroxylation sites is 1. The van der Waals surface area contributed by atoms with Crippen molar-refractivity contribution < 1.29 is 4.39 Å². The topological polar surface area (TPSA) is 36.4 Å². The van der Waals surface area contributed by atoms with Crippen LogP contribution in [0.3, 0.4) is 0 Å². The standard InChI is InChI=1S/C12H12FN3OS2/c13-9-3-1-2-4-10(9)15-5-7-16(8-6-15)11-14-12(17)19-18-11/h1-4H,5-8H2. The molecular formula is C12H12FN3OS2. The molecule has 0 saturated carbocycles. The molecule has 2 aromatic rings. The number of halogens is 1. The Morgan fingerprint density at radius 2 is 1.74 bits per heavy atom. The maximum absolute atomic E-state index is 13.7. The molecule has 19 heavy (non-hydrogen) atoms. The molecule has 0 aliphatic carbocycles. The Kier molecular flexibility index (Phi) is 3.48. The molecule has 0 unspecified atom stereocenters. The second-order valence-electron chi connectivity index (χ2n) is 4.25. The molecule has 1 fully saturated rings. The first kappa shape index (κ1) is 12.6. The van der Waals surface area contributed by atoms with E-state index in [1.54, 1.807) is 12.1 Å². The van der Waals surface area contributed by atoms with E-state index in [-0.39, 0.29) is 10.7 Å². The predicted octanol–water partition coefficient (Wildman–Crippen LogP) is 2.03. The van der Waals surface area contributed by atoms with Crippen molar-refractivity contribution in [3.63, 3.8) is 0 Å². The van der Waals surface area contributed by atoms with Crippen LogP contribution in [0.15, 0.2) is 29.1 Å². The number of anilines is 2. The van der Waals surface area contributed by atoms with Gasteiger partial charge >= 0.3 is 4.87 Å². The van der Waals surface area contributed by atoms with Gasteiger partial charge in [-0.25, -0.2) is 4.39 Å². The highest BCUT2D eigenvalue weighted by Gasteiger charge is 2.21. The highest BCUT2D eigenvalue weighted by Crippen LogP contribution is 2.24. The van der Waals surface area contributed by atoms with Crippen LogP contribution in [0.25, 0.3) is 0 Å². The van der Waals surface area contributed by atoms with Crippen molar-refractivity contribution in [2.45, 2.75) is 0 Å². The smallest absolute Gasteiger partial charge is 0.338 e. The van der Waals surface area contributed by atoms with Gasteiger partial charge in [0.1, 0.15) is 5.82 Å². The van der Waals surface area contributed by atoms with Crippen molar-refractivity contribution in [3.05, 3.63) is 39.8 Å². The Hall–Kier alpha value is -1.47. The molecule has 0 amide bonds. The van der Waals surface area contributed by atoms with E-state index in [2.05, 4.69) is 9.88 Å². The van der Waals surface area contributed by atoms with Crippen LogP contribution in [0, 0.1) is 5.82 Å². The first-order valence-corrected chi connectivity index (χ1v) is 8.10. The number of nitrogens with zero attached hydrogens (tertiary/aromatic N) is 3. The highest BCUT2D eigenvalue weighted by molar-refractivity contribution is 7.69. The van der Waals surface area contributed by atoms with E-state index in [0.29, 0.717) is 5.69 Å². The van der Waals surface area contributed by atoms with Crippen molar-refractivity contribution in [3.8, 4) is 0 Å². The lowest BCUT2D eigenvalue weighted by molar-refractivity contribution is 0.597. The molecule has 7 heteroatoms. The summed E-state index contributed by atoms with van der Waals surface area (Å²) in [5.41, 5.74) is 0.647. The lowest BCUT2D eigenvalue weighted by Gasteiger charge is -2.35. The number of rotatable bonds is 2. The monoisotopic (exact) mass is 297 g/mol. The van der Waals surface area contributed by atoms with Gasteiger partial charge in [0, 0.05) is 26.2 Å². The molecule has 2 heterocycles. The molecule has 1 aromatic carbocycles. The molecule has 3 rings (SSSR count). The summed E-state index contributed by atoms with van der Waals surface area (Å²) in [6.45, 7) is 2.99. The van der Waals surface area contributed by atoms with Crippen molar-refractivity contribution in [2.24, 2.45) is 0 Å². The number of aromatic nitrogens is 1. The minimum absolute atomic E-state index is 0.142. The summed E-state index contributed by atoms with van der Waals surface area (Å²) in [6, 6.07) is 6.82. The first-order valence-electron chi connectivity index (χ1n) is 5.95. The largest absolute Gasteiger partial charge is 0.366 e. The number of benzene rings is 1. The Morgan fingerprint density at radius 1 is 1.05 bits per heavy atom.